The van der Waals surface area contributed by atoms with Gasteiger partial charge in [-0.3, -0.25) is 0 Å². The average Bonchev–Trinajstić information content (AvgIpc) is 2.93. The quantitative estimate of drug-likeness (QED) is 0.598. The van der Waals surface area contributed by atoms with E-state index in [0.29, 0.717) is 6.61 Å². The Morgan fingerprint density at radius 1 is 1.14 bits per heavy atom. The van der Waals surface area contributed by atoms with E-state index in [9.17, 15) is 0 Å². The fourth-order valence-electron chi connectivity index (χ4n) is 2.55. The second-order valence-corrected chi connectivity index (χ2v) is 7.10. The molecule has 0 fully saturated rings. The van der Waals surface area contributed by atoms with E-state index in [2.05, 4.69) is 37.9 Å². The fourth-order valence-corrected chi connectivity index (χ4v) is 3.75. The van der Waals surface area contributed by atoms with Crippen molar-refractivity contribution in [3.63, 3.8) is 0 Å². The van der Waals surface area contributed by atoms with Crippen LogP contribution in [0.25, 0.3) is 0 Å². The second kappa shape index (κ2) is 6.19. The Labute approximate surface area is 145 Å². The van der Waals surface area contributed by atoms with Gasteiger partial charge in [-0.15, -0.1) is 11.6 Å². The van der Waals surface area contributed by atoms with Gasteiger partial charge in [-0.05, 0) is 29.8 Å². The first-order valence-corrected chi connectivity index (χ1v) is 8.55. The lowest BCUT2D eigenvalue weighted by atomic mass is 10.00. The molecular formula is C16H13Br2ClO2. The van der Waals surface area contributed by atoms with Crippen molar-refractivity contribution < 1.29 is 9.47 Å². The van der Waals surface area contributed by atoms with Crippen LogP contribution in [0.1, 0.15) is 22.1 Å². The molecule has 0 saturated heterocycles. The fraction of sp³-hybridized carbons (Fsp3) is 0.250. The maximum atomic E-state index is 6.73. The lowest BCUT2D eigenvalue weighted by Crippen LogP contribution is -2.00. The molecule has 0 radical (unpaired) electrons. The Balaban J connectivity index is 2.09. The maximum absolute atomic E-state index is 6.73. The topological polar surface area (TPSA) is 18.5 Å². The van der Waals surface area contributed by atoms with Crippen LogP contribution in [0.2, 0.25) is 0 Å². The van der Waals surface area contributed by atoms with Gasteiger partial charge in [0.2, 0.25) is 0 Å². The molecule has 1 atom stereocenters. The highest BCUT2D eigenvalue weighted by atomic mass is 79.9. The van der Waals surface area contributed by atoms with Gasteiger partial charge in [0.05, 0.1) is 19.1 Å². The Morgan fingerprint density at radius 2 is 1.95 bits per heavy atom. The normalized spacial score (nSPS) is 14.5. The number of alkyl halides is 1. The van der Waals surface area contributed by atoms with Gasteiger partial charge in [0, 0.05) is 26.5 Å². The van der Waals surface area contributed by atoms with Gasteiger partial charge in [0.25, 0.3) is 0 Å². The summed E-state index contributed by atoms with van der Waals surface area (Å²) < 4.78 is 13.2. The number of hydrogen-bond acceptors (Lipinski definition) is 2. The van der Waals surface area contributed by atoms with E-state index in [1.807, 2.05) is 24.3 Å². The molecule has 0 N–H and O–H groups in total. The van der Waals surface area contributed by atoms with Crippen LogP contribution in [-0.2, 0) is 6.42 Å². The first-order valence-electron chi connectivity index (χ1n) is 6.52. The standard InChI is InChI=1S/C16H13Br2ClO2/c1-20-14-8-10(17)2-3-12(14)15(19)13-7-11(18)6-9-4-5-21-16(9)13/h2-3,6-8,15H,4-5H2,1H3. The molecule has 1 heterocycles. The molecule has 5 heteroatoms. The van der Waals surface area contributed by atoms with E-state index < -0.39 is 0 Å². The summed E-state index contributed by atoms with van der Waals surface area (Å²) in [5.74, 6) is 1.67. The van der Waals surface area contributed by atoms with Crippen LogP contribution < -0.4 is 9.47 Å². The molecule has 3 rings (SSSR count). The van der Waals surface area contributed by atoms with Gasteiger partial charge in [0.15, 0.2) is 0 Å². The van der Waals surface area contributed by atoms with Crippen molar-refractivity contribution in [3.05, 3.63) is 56.0 Å². The summed E-state index contributed by atoms with van der Waals surface area (Å²) in [6.45, 7) is 0.708. The molecule has 2 nitrogen and oxygen atoms in total. The number of ether oxygens (including phenoxy) is 2. The monoisotopic (exact) mass is 430 g/mol. The molecule has 0 aliphatic carbocycles. The lowest BCUT2D eigenvalue weighted by Gasteiger charge is -2.17. The Morgan fingerprint density at radius 3 is 2.71 bits per heavy atom. The second-order valence-electron chi connectivity index (χ2n) is 4.83. The smallest absolute Gasteiger partial charge is 0.127 e. The molecular weight excluding hydrogens is 419 g/mol. The molecule has 21 heavy (non-hydrogen) atoms. The van der Waals surface area contributed by atoms with E-state index in [-0.39, 0.29) is 5.38 Å². The Hall–Kier alpha value is -0.710. The van der Waals surface area contributed by atoms with Crippen LogP contribution in [0.15, 0.2) is 39.3 Å². The minimum atomic E-state index is -0.322. The van der Waals surface area contributed by atoms with Gasteiger partial charge in [-0.1, -0.05) is 37.9 Å². The van der Waals surface area contributed by atoms with Gasteiger partial charge in [-0.2, -0.15) is 0 Å². The van der Waals surface area contributed by atoms with E-state index in [0.717, 1.165) is 38.0 Å². The minimum Gasteiger partial charge on any atom is -0.496 e. The Bertz CT molecular complexity index is 688. The van der Waals surface area contributed by atoms with Crippen molar-refractivity contribution in [2.24, 2.45) is 0 Å². The van der Waals surface area contributed by atoms with Crippen molar-refractivity contribution in [2.45, 2.75) is 11.8 Å². The van der Waals surface area contributed by atoms with Crippen LogP contribution in [0.5, 0.6) is 11.5 Å². The highest BCUT2D eigenvalue weighted by Gasteiger charge is 2.25. The molecule has 0 saturated carbocycles. The number of hydrogen-bond donors (Lipinski definition) is 0. The number of halogens is 3. The molecule has 1 unspecified atom stereocenters. The number of fused-ring (bicyclic) bond motifs is 1. The Kier molecular flexibility index (Phi) is 4.48. The number of methoxy groups -OCH3 is 1. The number of rotatable bonds is 3. The maximum Gasteiger partial charge on any atom is 0.127 e. The highest BCUT2D eigenvalue weighted by Crippen LogP contribution is 2.44. The summed E-state index contributed by atoms with van der Waals surface area (Å²) in [5.41, 5.74) is 3.10. The van der Waals surface area contributed by atoms with Crippen molar-refractivity contribution in [1.29, 1.82) is 0 Å². The first kappa shape index (κ1) is 15.2. The number of benzene rings is 2. The summed E-state index contributed by atoms with van der Waals surface area (Å²) >= 11 is 13.7. The largest absolute Gasteiger partial charge is 0.496 e. The first-order chi connectivity index (χ1) is 10.1. The molecule has 1 aliphatic heterocycles. The molecule has 0 bridgehead atoms. The summed E-state index contributed by atoms with van der Waals surface area (Å²) in [6.07, 6.45) is 0.919. The zero-order valence-electron chi connectivity index (χ0n) is 11.3. The predicted molar refractivity (Wildman–Crippen MR) is 91.7 cm³/mol. The molecule has 110 valence electrons. The van der Waals surface area contributed by atoms with Gasteiger partial charge < -0.3 is 9.47 Å². The van der Waals surface area contributed by atoms with Crippen LogP contribution in [0.3, 0.4) is 0 Å². The molecule has 1 aliphatic rings. The zero-order chi connectivity index (χ0) is 15.0. The third-order valence-corrected chi connectivity index (χ3v) is 4.94. The summed E-state index contributed by atoms with van der Waals surface area (Å²) in [5, 5.41) is -0.322. The van der Waals surface area contributed by atoms with E-state index in [4.69, 9.17) is 21.1 Å². The highest BCUT2D eigenvalue weighted by molar-refractivity contribution is 9.10. The summed E-state index contributed by atoms with van der Waals surface area (Å²) in [4.78, 5) is 0. The van der Waals surface area contributed by atoms with Gasteiger partial charge in [0.1, 0.15) is 11.5 Å². The van der Waals surface area contributed by atoms with E-state index >= 15 is 0 Å². The van der Waals surface area contributed by atoms with Crippen molar-refractivity contribution in [2.75, 3.05) is 13.7 Å². The average molecular weight is 433 g/mol. The molecule has 0 amide bonds. The minimum absolute atomic E-state index is 0.322. The summed E-state index contributed by atoms with van der Waals surface area (Å²) in [6, 6.07) is 9.97. The third-order valence-electron chi connectivity index (χ3n) is 3.52. The van der Waals surface area contributed by atoms with Crippen molar-refractivity contribution >= 4 is 43.5 Å². The van der Waals surface area contributed by atoms with Crippen molar-refractivity contribution in [3.8, 4) is 11.5 Å². The van der Waals surface area contributed by atoms with Crippen LogP contribution in [0, 0.1) is 0 Å². The third kappa shape index (κ3) is 2.94. The van der Waals surface area contributed by atoms with Crippen LogP contribution in [-0.4, -0.2) is 13.7 Å². The zero-order valence-corrected chi connectivity index (χ0v) is 15.3. The molecule has 0 spiro atoms. The van der Waals surface area contributed by atoms with Crippen LogP contribution in [0.4, 0.5) is 0 Å². The molecule has 2 aromatic carbocycles. The predicted octanol–water partition coefficient (Wildman–Crippen LogP) is 5.48. The molecule has 2 aromatic rings. The van der Waals surface area contributed by atoms with E-state index in [1.54, 1.807) is 7.11 Å². The van der Waals surface area contributed by atoms with E-state index in [1.165, 1.54) is 5.56 Å². The van der Waals surface area contributed by atoms with Crippen molar-refractivity contribution in [1.82, 2.24) is 0 Å². The van der Waals surface area contributed by atoms with Crippen LogP contribution >= 0.6 is 43.5 Å². The lowest BCUT2D eigenvalue weighted by molar-refractivity contribution is 0.353. The van der Waals surface area contributed by atoms with Gasteiger partial charge in [-0.25, -0.2) is 0 Å². The summed E-state index contributed by atoms with van der Waals surface area (Å²) in [7, 11) is 1.65. The molecule has 0 aromatic heterocycles. The SMILES string of the molecule is COc1cc(Br)ccc1C(Cl)c1cc(Br)cc2c1OCC2. The van der Waals surface area contributed by atoms with Gasteiger partial charge >= 0.3 is 0 Å².